The monoisotopic (exact) mass is 212 g/mol. The first kappa shape index (κ1) is 12.5. The minimum absolute atomic E-state index is 0.130. The predicted molar refractivity (Wildman–Crippen MR) is 61.6 cm³/mol. The number of ether oxygens (including phenoxy) is 1. The van der Waals surface area contributed by atoms with Crippen molar-refractivity contribution in [3.8, 4) is 0 Å². The van der Waals surface area contributed by atoms with Crippen molar-refractivity contribution in [3.05, 3.63) is 0 Å². The molecule has 0 aromatic heterocycles. The van der Waals surface area contributed by atoms with Crippen LogP contribution in [-0.2, 0) is 9.53 Å². The summed E-state index contributed by atoms with van der Waals surface area (Å²) in [4.78, 5) is 10.9. The van der Waals surface area contributed by atoms with E-state index in [1.807, 2.05) is 0 Å². The largest absolute Gasteiger partial charge is 0.463 e. The van der Waals surface area contributed by atoms with Crippen LogP contribution in [-0.4, -0.2) is 12.1 Å². The van der Waals surface area contributed by atoms with Crippen molar-refractivity contribution in [1.82, 2.24) is 0 Å². The highest BCUT2D eigenvalue weighted by Crippen LogP contribution is 2.45. The molecule has 15 heavy (non-hydrogen) atoms. The number of carbonyl (C=O) groups is 1. The molecule has 1 saturated carbocycles. The van der Waals surface area contributed by atoms with Gasteiger partial charge in [-0.2, -0.15) is 0 Å². The Labute approximate surface area is 93.4 Å². The molecular weight excluding hydrogens is 188 g/mol. The van der Waals surface area contributed by atoms with E-state index in [1.54, 1.807) is 0 Å². The van der Waals surface area contributed by atoms with Crippen LogP contribution in [0.25, 0.3) is 0 Å². The van der Waals surface area contributed by atoms with Gasteiger partial charge in [-0.1, -0.05) is 27.2 Å². The molecule has 2 heteroatoms. The van der Waals surface area contributed by atoms with E-state index in [2.05, 4.69) is 20.8 Å². The maximum absolute atomic E-state index is 10.9. The molecule has 2 unspecified atom stereocenters. The molecule has 1 fully saturated rings. The first-order valence-electron chi connectivity index (χ1n) is 6.13. The van der Waals surface area contributed by atoms with Gasteiger partial charge in [-0.05, 0) is 37.0 Å². The third-order valence-corrected chi connectivity index (χ3v) is 3.81. The fourth-order valence-corrected chi connectivity index (χ4v) is 2.69. The Morgan fingerprint density at radius 2 is 2.20 bits per heavy atom. The van der Waals surface area contributed by atoms with Gasteiger partial charge in [-0.3, -0.25) is 4.79 Å². The highest BCUT2D eigenvalue weighted by Gasteiger charge is 2.35. The van der Waals surface area contributed by atoms with Crippen LogP contribution < -0.4 is 0 Å². The van der Waals surface area contributed by atoms with Gasteiger partial charge in [0.2, 0.25) is 0 Å². The first-order valence-corrected chi connectivity index (χ1v) is 6.13. The maximum Gasteiger partial charge on any atom is 0.302 e. The average molecular weight is 212 g/mol. The van der Waals surface area contributed by atoms with Gasteiger partial charge in [0, 0.05) is 6.92 Å². The Morgan fingerprint density at radius 1 is 1.53 bits per heavy atom. The van der Waals surface area contributed by atoms with Gasteiger partial charge < -0.3 is 4.74 Å². The molecule has 0 N–H and O–H groups in total. The first-order chi connectivity index (χ1) is 6.95. The van der Waals surface area contributed by atoms with Crippen LogP contribution in [0.1, 0.15) is 59.8 Å². The van der Waals surface area contributed by atoms with Gasteiger partial charge in [-0.15, -0.1) is 0 Å². The van der Waals surface area contributed by atoms with Crippen molar-refractivity contribution < 1.29 is 9.53 Å². The molecule has 0 radical (unpaired) electrons. The van der Waals surface area contributed by atoms with E-state index in [-0.39, 0.29) is 12.1 Å². The second-order valence-electron chi connectivity index (χ2n) is 5.45. The van der Waals surface area contributed by atoms with Crippen molar-refractivity contribution >= 4 is 5.97 Å². The number of carbonyl (C=O) groups excluding carboxylic acids is 1. The maximum atomic E-state index is 10.9. The van der Waals surface area contributed by atoms with E-state index in [9.17, 15) is 4.79 Å². The summed E-state index contributed by atoms with van der Waals surface area (Å²) in [7, 11) is 0. The summed E-state index contributed by atoms with van der Waals surface area (Å²) in [5, 5.41) is 0. The fourth-order valence-electron chi connectivity index (χ4n) is 2.69. The van der Waals surface area contributed by atoms with Crippen LogP contribution in [0.5, 0.6) is 0 Å². The van der Waals surface area contributed by atoms with Crippen LogP contribution in [0.15, 0.2) is 0 Å². The minimum Gasteiger partial charge on any atom is -0.463 e. The SMILES string of the molecule is CCC(CC1CCCC1(C)C)OC(C)=O. The lowest BCUT2D eigenvalue weighted by Crippen LogP contribution is -2.25. The normalized spacial score (nSPS) is 26.3. The summed E-state index contributed by atoms with van der Waals surface area (Å²) in [6, 6.07) is 0. The fraction of sp³-hybridized carbons (Fsp3) is 0.923. The average Bonchev–Trinajstić information content (AvgIpc) is 2.44. The van der Waals surface area contributed by atoms with Crippen LogP contribution >= 0.6 is 0 Å². The Hall–Kier alpha value is -0.530. The Kier molecular flexibility index (Phi) is 4.18. The topological polar surface area (TPSA) is 26.3 Å². The van der Waals surface area contributed by atoms with Crippen molar-refractivity contribution in [2.45, 2.75) is 65.9 Å². The molecule has 1 rings (SSSR count). The highest BCUT2D eigenvalue weighted by atomic mass is 16.5. The van der Waals surface area contributed by atoms with E-state index in [1.165, 1.54) is 26.2 Å². The Morgan fingerprint density at radius 3 is 2.60 bits per heavy atom. The lowest BCUT2D eigenvalue weighted by molar-refractivity contribution is -0.147. The molecule has 1 aliphatic carbocycles. The van der Waals surface area contributed by atoms with Crippen molar-refractivity contribution in [1.29, 1.82) is 0 Å². The second kappa shape index (κ2) is 5.00. The molecule has 0 saturated heterocycles. The lowest BCUT2D eigenvalue weighted by Gasteiger charge is -2.29. The summed E-state index contributed by atoms with van der Waals surface area (Å²) in [5.74, 6) is 0.583. The number of rotatable bonds is 4. The second-order valence-corrected chi connectivity index (χ2v) is 5.45. The summed E-state index contributed by atoms with van der Waals surface area (Å²) >= 11 is 0. The standard InChI is InChI=1S/C13H24O2/c1-5-12(15-10(2)14)9-11-7-6-8-13(11,3)4/h11-12H,5-9H2,1-4H3. The number of hydrogen-bond acceptors (Lipinski definition) is 2. The summed E-state index contributed by atoms with van der Waals surface area (Å²) in [6.07, 6.45) is 6.05. The van der Waals surface area contributed by atoms with Crippen molar-refractivity contribution in [3.63, 3.8) is 0 Å². The third-order valence-electron chi connectivity index (χ3n) is 3.81. The Bertz CT molecular complexity index is 221. The molecule has 0 heterocycles. The van der Waals surface area contributed by atoms with Crippen LogP contribution in [0.2, 0.25) is 0 Å². The summed E-state index contributed by atoms with van der Waals surface area (Å²) in [5.41, 5.74) is 0.438. The minimum atomic E-state index is -0.141. The highest BCUT2D eigenvalue weighted by molar-refractivity contribution is 5.66. The zero-order valence-electron chi connectivity index (χ0n) is 10.5. The van der Waals surface area contributed by atoms with Gasteiger partial charge in [0.25, 0.3) is 0 Å². The molecular formula is C13H24O2. The van der Waals surface area contributed by atoms with Crippen LogP contribution in [0.3, 0.4) is 0 Å². The third kappa shape index (κ3) is 3.51. The molecule has 2 atom stereocenters. The van der Waals surface area contributed by atoms with Crippen LogP contribution in [0, 0.1) is 11.3 Å². The predicted octanol–water partition coefficient (Wildman–Crippen LogP) is 3.54. The zero-order valence-corrected chi connectivity index (χ0v) is 10.5. The summed E-state index contributed by atoms with van der Waals surface area (Å²) < 4.78 is 5.32. The number of esters is 1. The van der Waals surface area contributed by atoms with Gasteiger partial charge >= 0.3 is 5.97 Å². The summed E-state index contributed by atoms with van der Waals surface area (Å²) in [6.45, 7) is 8.27. The van der Waals surface area contributed by atoms with E-state index < -0.39 is 0 Å². The molecule has 2 nitrogen and oxygen atoms in total. The smallest absolute Gasteiger partial charge is 0.302 e. The van der Waals surface area contributed by atoms with Gasteiger partial charge in [0.15, 0.2) is 0 Å². The van der Waals surface area contributed by atoms with E-state index in [0.717, 1.165) is 18.8 Å². The van der Waals surface area contributed by atoms with Gasteiger partial charge in [0.05, 0.1) is 0 Å². The number of hydrogen-bond donors (Lipinski definition) is 0. The zero-order chi connectivity index (χ0) is 11.5. The quantitative estimate of drug-likeness (QED) is 0.666. The van der Waals surface area contributed by atoms with Gasteiger partial charge in [-0.25, -0.2) is 0 Å². The molecule has 0 spiro atoms. The molecule has 1 aliphatic rings. The molecule has 88 valence electrons. The van der Waals surface area contributed by atoms with Crippen molar-refractivity contribution in [2.24, 2.45) is 11.3 Å². The Balaban J connectivity index is 2.47. The molecule has 0 aliphatic heterocycles. The molecule has 0 bridgehead atoms. The van der Waals surface area contributed by atoms with E-state index >= 15 is 0 Å². The molecule has 0 aromatic carbocycles. The van der Waals surface area contributed by atoms with Crippen molar-refractivity contribution in [2.75, 3.05) is 0 Å². The molecule has 0 amide bonds. The molecule has 0 aromatic rings. The van der Waals surface area contributed by atoms with E-state index in [0.29, 0.717) is 5.41 Å². The van der Waals surface area contributed by atoms with Crippen LogP contribution in [0.4, 0.5) is 0 Å². The van der Waals surface area contributed by atoms with E-state index in [4.69, 9.17) is 4.74 Å². The van der Waals surface area contributed by atoms with Gasteiger partial charge in [0.1, 0.15) is 6.10 Å². The lowest BCUT2D eigenvalue weighted by atomic mass is 9.78.